The van der Waals surface area contributed by atoms with Gasteiger partial charge in [-0.05, 0) is 24.5 Å². The Hall–Kier alpha value is -1.64. The van der Waals surface area contributed by atoms with Crippen LogP contribution in [-0.4, -0.2) is 37.2 Å². The molecule has 2 nitrogen and oxygen atoms in total. The SMILES string of the molecule is CC(CC(c1ccccc1)c1ccccc1)N1CCOCC1. The van der Waals surface area contributed by atoms with E-state index in [1.807, 2.05) is 0 Å². The molecular weight excluding hydrogens is 270 g/mol. The molecule has 1 atom stereocenters. The van der Waals surface area contributed by atoms with Gasteiger partial charge >= 0.3 is 0 Å². The van der Waals surface area contributed by atoms with Gasteiger partial charge < -0.3 is 4.74 Å². The van der Waals surface area contributed by atoms with Crippen LogP contribution in [0.15, 0.2) is 60.7 Å². The smallest absolute Gasteiger partial charge is 0.0594 e. The average molecular weight is 295 g/mol. The molecule has 0 N–H and O–H groups in total. The lowest BCUT2D eigenvalue weighted by atomic mass is 9.86. The van der Waals surface area contributed by atoms with Crippen LogP contribution in [0.3, 0.4) is 0 Å². The second-order valence-corrected chi connectivity index (χ2v) is 6.11. The number of benzene rings is 2. The predicted molar refractivity (Wildman–Crippen MR) is 91.2 cm³/mol. The minimum absolute atomic E-state index is 0.459. The summed E-state index contributed by atoms with van der Waals surface area (Å²) < 4.78 is 5.48. The highest BCUT2D eigenvalue weighted by Gasteiger charge is 2.22. The Kier molecular flexibility index (Phi) is 5.25. The van der Waals surface area contributed by atoms with Crippen molar-refractivity contribution in [3.8, 4) is 0 Å². The standard InChI is InChI=1S/C20H25NO/c1-17(21-12-14-22-15-13-21)16-20(18-8-4-2-5-9-18)19-10-6-3-7-11-19/h2-11,17,20H,12-16H2,1H3. The highest BCUT2D eigenvalue weighted by Crippen LogP contribution is 2.30. The first-order chi connectivity index (χ1) is 10.8. The van der Waals surface area contributed by atoms with Crippen molar-refractivity contribution in [2.24, 2.45) is 0 Å². The summed E-state index contributed by atoms with van der Waals surface area (Å²) in [6.45, 7) is 6.19. The zero-order valence-corrected chi connectivity index (χ0v) is 13.3. The van der Waals surface area contributed by atoms with Crippen LogP contribution < -0.4 is 0 Å². The Labute approximate surface area is 133 Å². The van der Waals surface area contributed by atoms with Crippen LogP contribution in [0.1, 0.15) is 30.4 Å². The van der Waals surface area contributed by atoms with Crippen molar-refractivity contribution < 1.29 is 4.74 Å². The van der Waals surface area contributed by atoms with Crippen molar-refractivity contribution in [2.45, 2.75) is 25.3 Å². The molecule has 1 heterocycles. The lowest BCUT2D eigenvalue weighted by Crippen LogP contribution is -2.42. The normalized spacial score (nSPS) is 17.5. The van der Waals surface area contributed by atoms with E-state index < -0.39 is 0 Å². The van der Waals surface area contributed by atoms with Gasteiger partial charge in [0.1, 0.15) is 0 Å². The molecule has 1 fully saturated rings. The quantitative estimate of drug-likeness (QED) is 0.828. The van der Waals surface area contributed by atoms with Crippen LogP contribution in [0, 0.1) is 0 Å². The molecule has 2 aromatic rings. The van der Waals surface area contributed by atoms with Crippen molar-refractivity contribution in [2.75, 3.05) is 26.3 Å². The van der Waals surface area contributed by atoms with Crippen LogP contribution in [0.5, 0.6) is 0 Å². The summed E-state index contributed by atoms with van der Waals surface area (Å²) in [5.41, 5.74) is 2.82. The van der Waals surface area contributed by atoms with Gasteiger partial charge in [0.15, 0.2) is 0 Å². The van der Waals surface area contributed by atoms with Gasteiger partial charge in [0.25, 0.3) is 0 Å². The molecule has 1 aliphatic heterocycles. The number of hydrogen-bond donors (Lipinski definition) is 0. The van der Waals surface area contributed by atoms with Crippen LogP contribution in [0.25, 0.3) is 0 Å². The van der Waals surface area contributed by atoms with Crippen molar-refractivity contribution in [3.05, 3.63) is 71.8 Å². The molecule has 2 heteroatoms. The third kappa shape index (κ3) is 3.76. The first-order valence-corrected chi connectivity index (χ1v) is 8.26. The zero-order valence-electron chi connectivity index (χ0n) is 13.3. The number of rotatable bonds is 5. The minimum Gasteiger partial charge on any atom is -0.379 e. The van der Waals surface area contributed by atoms with Gasteiger partial charge in [-0.3, -0.25) is 4.90 Å². The molecule has 0 aliphatic carbocycles. The average Bonchev–Trinajstić information content (AvgIpc) is 2.62. The number of nitrogens with zero attached hydrogens (tertiary/aromatic N) is 1. The van der Waals surface area contributed by atoms with Crippen molar-refractivity contribution in [3.63, 3.8) is 0 Å². The monoisotopic (exact) mass is 295 g/mol. The van der Waals surface area contributed by atoms with Crippen molar-refractivity contribution in [1.29, 1.82) is 0 Å². The van der Waals surface area contributed by atoms with Gasteiger partial charge in [0.2, 0.25) is 0 Å². The molecule has 22 heavy (non-hydrogen) atoms. The van der Waals surface area contributed by atoms with Gasteiger partial charge in [-0.25, -0.2) is 0 Å². The summed E-state index contributed by atoms with van der Waals surface area (Å²) in [6.07, 6.45) is 1.15. The molecule has 0 saturated carbocycles. The minimum atomic E-state index is 0.459. The number of morpholine rings is 1. The third-order valence-electron chi connectivity index (χ3n) is 4.65. The fourth-order valence-electron chi connectivity index (χ4n) is 3.34. The summed E-state index contributed by atoms with van der Waals surface area (Å²) in [6, 6.07) is 22.3. The molecule has 0 spiro atoms. The molecule has 3 rings (SSSR count). The van der Waals surface area contributed by atoms with E-state index in [2.05, 4.69) is 72.5 Å². The van der Waals surface area contributed by atoms with Gasteiger partial charge in [-0.1, -0.05) is 60.7 Å². The Morgan fingerprint density at radius 2 is 1.36 bits per heavy atom. The molecular formula is C20H25NO. The summed E-state index contributed by atoms with van der Waals surface area (Å²) in [7, 11) is 0. The molecule has 1 saturated heterocycles. The molecule has 0 radical (unpaired) electrons. The summed E-state index contributed by atoms with van der Waals surface area (Å²) >= 11 is 0. The van der Waals surface area contributed by atoms with E-state index >= 15 is 0 Å². The molecule has 1 unspecified atom stereocenters. The first-order valence-electron chi connectivity index (χ1n) is 8.26. The fraction of sp³-hybridized carbons (Fsp3) is 0.400. The molecule has 2 aromatic carbocycles. The summed E-state index contributed by atoms with van der Waals surface area (Å²) in [5, 5.41) is 0. The largest absolute Gasteiger partial charge is 0.379 e. The lowest BCUT2D eigenvalue weighted by Gasteiger charge is -2.34. The van der Waals surface area contributed by atoms with Gasteiger partial charge in [-0.15, -0.1) is 0 Å². The Bertz CT molecular complexity index is 509. The topological polar surface area (TPSA) is 12.5 Å². The van der Waals surface area contributed by atoms with Gasteiger partial charge in [0.05, 0.1) is 13.2 Å². The van der Waals surface area contributed by atoms with E-state index in [0.717, 1.165) is 32.7 Å². The Morgan fingerprint density at radius 1 is 0.864 bits per heavy atom. The van der Waals surface area contributed by atoms with Crippen molar-refractivity contribution in [1.82, 2.24) is 4.90 Å². The van der Waals surface area contributed by atoms with E-state index in [1.165, 1.54) is 11.1 Å². The molecule has 1 aliphatic rings. The maximum Gasteiger partial charge on any atom is 0.0594 e. The van der Waals surface area contributed by atoms with Crippen LogP contribution in [0.2, 0.25) is 0 Å². The number of hydrogen-bond acceptors (Lipinski definition) is 2. The van der Waals surface area contributed by atoms with E-state index in [4.69, 9.17) is 4.74 Å². The van der Waals surface area contributed by atoms with E-state index in [1.54, 1.807) is 0 Å². The van der Waals surface area contributed by atoms with Crippen LogP contribution in [0.4, 0.5) is 0 Å². The van der Waals surface area contributed by atoms with E-state index in [-0.39, 0.29) is 0 Å². The Morgan fingerprint density at radius 3 is 1.86 bits per heavy atom. The highest BCUT2D eigenvalue weighted by atomic mass is 16.5. The third-order valence-corrected chi connectivity index (χ3v) is 4.65. The second-order valence-electron chi connectivity index (χ2n) is 6.11. The van der Waals surface area contributed by atoms with E-state index in [9.17, 15) is 0 Å². The Balaban J connectivity index is 1.79. The maximum atomic E-state index is 5.48. The molecule has 0 bridgehead atoms. The van der Waals surface area contributed by atoms with Crippen LogP contribution >= 0.6 is 0 Å². The highest BCUT2D eigenvalue weighted by molar-refractivity contribution is 5.32. The van der Waals surface area contributed by atoms with Crippen LogP contribution in [-0.2, 0) is 4.74 Å². The lowest BCUT2D eigenvalue weighted by molar-refractivity contribution is 0.0179. The van der Waals surface area contributed by atoms with Gasteiger partial charge in [0, 0.05) is 25.0 Å². The van der Waals surface area contributed by atoms with E-state index in [0.29, 0.717) is 12.0 Å². The summed E-state index contributed by atoms with van der Waals surface area (Å²) in [5.74, 6) is 0.459. The molecule has 0 amide bonds. The van der Waals surface area contributed by atoms with Crippen molar-refractivity contribution >= 4 is 0 Å². The second kappa shape index (κ2) is 7.57. The zero-order chi connectivity index (χ0) is 15.2. The first kappa shape index (κ1) is 15.3. The number of ether oxygens (including phenoxy) is 1. The molecule has 116 valence electrons. The summed E-state index contributed by atoms with van der Waals surface area (Å²) in [4.78, 5) is 2.56. The maximum absolute atomic E-state index is 5.48. The predicted octanol–water partition coefficient (Wildman–Crippen LogP) is 3.93. The van der Waals surface area contributed by atoms with Gasteiger partial charge in [-0.2, -0.15) is 0 Å². The fourth-order valence-corrected chi connectivity index (χ4v) is 3.34. The molecule has 0 aromatic heterocycles.